The van der Waals surface area contributed by atoms with Crippen molar-refractivity contribution in [1.29, 1.82) is 0 Å². The molecular weight excluding hydrogens is 395 g/mol. The largest absolute Gasteiger partial charge is 0.483 e. The number of hydrazine groups is 1. The summed E-state index contributed by atoms with van der Waals surface area (Å²) in [6.45, 7) is 1.28. The summed E-state index contributed by atoms with van der Waals surface area (Å²) in [6.07, 6.45) is 0. The Kier molecular flexibility index (Phi) is 6.76. The van der Waals surface area contributed by atoms with Gasteiger partial charge < -0.3 is 9.47 Å². The first-order valence-electron chi connectivity index (χ1n) is 7.29. The van der Waals surface area contributed by atoms with Crippen molar-refractivity contribution in [1.82, 2.24) is 10.9 Å². The van der Waals surface area contributed by atoms with Gasteiger partial charge in [-0.25, -0.2) is 4.39 Å². The summed E-state index contributed by atoms with van der Waals surface area (Å²) in [5.41, 5.74) is 5.32. The van der Waals surface area contributed by atoms with Gasteiger partial charge in [-0.1, -0.05) is 18.2 Å². The highest BCUT2D eigenvalue weighted by Crippen LogP contribution is 2.25. The molecule has 0 radical (unpaired) electrons. The van der Waals surface area contributed by atoms with Crippen LogP contribution in [0.2, 0.25) is 0 Å². The quantitative estimate of drug-likeness (QED) is 0.717. The van der Waals surface area contributed by atoms with E-state index in [1.54, 1.807) is 12.1 Å². The Morgan fingerprint density at radius 2 is 1.60 bits per heavy atom. The molecule has 6 nitrogen and oxygen atoms in total. The third-order valence-electron chi connectivity index (χ3n) is 3.05. The van der Waals surface area contributed by atoms with E-state index in [2.05, 4.69) is 26.8 Å². The minimum absolute atomic E-state index is 0.241. The zero-order valence-electron chi connectivity index (χ0n) is 13.3. The SMILES string of the molecule is Cc1ccccc1OCC(=O)NNC(=O)COc1ccc(F)cc1Br. The van der Waals surface area contributed by atoms with Crippen LogP contribution in [0.3, 0.4) is 0 Å². The summed E-state index contributed by atoms with van der Waals surface area (Å²) in [6, 6.07) is 11.1. The minimum Gasteiger partial charge on any atom is -0.483 e. The Morgan fingerprint density at radius 3 is 2.20 bits per heavy atom. The monoisotopic (exact) mass is 410 g/mol. The van der Waals surface area contributed by atoms with E-state index in [4.69, 9.17) is 9.47 Å². The van der Waals surface area contributed by atoms with Gasteiger partial charge in [0, 0.05) is 0 Å². The van der Waals surface area contributed by atoms with Gasteiger partial charge >= 0.3 is 0 Å². The number of hydrogen-bond donors (Lipinski definition) is 2. The Balaban J connectivity index is 1.70. The fraction of sp³-hybridized carbons (Fsp3) is 0.176. The molecule has 2 aromatic rings. The fourth-order valence-electron chi connectivity index (χ4n) is 1.81. The molecular formula is C17H16BrFN2O4. The molecule has 0 spiro atoms. The summed E-state index contributed by atoms with van der Waals surface area (Å²) in [5, 5.41) is 0. The number of amides is 2. The van der Waals surface area contributed by atoms with Crippen LogP contribution >= 0.6 is 15.9 Å². The van der Waals surface area contributed by atoms with E-state index < -0.39 is 17.6 Å². The standard InChI is InChI=1S/C17H16BrFN2O4/c1-11-4-2-3-5-14(11)24-9-16(22)20-21-17(23)10-25-15-7-6-12(19)8-13(15)18/h2-8H,9-10H2,1H3,(H,20,22)(H,21,23). The Labute approximate surface area is 152 Å². The molecule has 0 bridgehead atoms. The minimum atomic E-state index is -0.569. The van der Waals surface area contributed by atoms with Crippen LogP contribution in [0.1, 0.15) is 5.56 Å². The van der Waals surface area contributed by atoms with Gasteiger partial charge in [-0.05, 0) is 52.7 Å². The smallest absolute Gasteiger partial charge is 0.276 e. The van der Waals surface area contributed by atoms with Crippen LogP contribution in [0.5, 0.6) is 11.5 Å². The number of aryl methyl sites for hydroxylation is 1. The summed E-state index contributed by atoms with van der Waals surface area (Å²) in [5.74, 6) is -0.608. The Bertz CT molecular complexity index is 770. The molecule has 132 valence electrons. The zero-order valence-corrected chi connectivity index (χ0v) is 14.9. The van der Waals surface area contributed by atoms with E-state index in [9.17, 15) is 14.0 Å². The van der Waals surface area contributed by atoms with Gasteiger partial charge in [-0.3, -0.25) is 20.4 Å². The number of carbonyl (C=O) groups is 2. The molecule has 2 amide bonds. The number of rotatable bonds is 6. The topological polar surface area (TPSA) is 76.7 Å². The molecule has 0 saturated heterocycles. The van der Waals surface area contributed by atoms with Gasteiger partial charge in [-0.15, -0.1) is 0 Å². The van der Waals surface area contributed by atoms with Crippen LogP contribution < -0.4 is 20.3 Å². The third-order valence-corrected chi connectivity index (χ3v) is 3.67. The van der Waals surface area contributed by atoms with Crippen LogP contribution in [-0.2, 0) is 9.59 Å². The fourth-order valence-corrected chi connectivity index (χ4v) is 2.27. The average Bonchev–Trinajstić information content (AvgIpc) is 2.58. The lowest BCUT2D eigenvalue weighted by molar-refractivity contribution is -0.131. The van der Waals surface area contributed by atoms with Crippen LogP contribution in [-0.4, -0.2) is 25.0 Å². The second kappa shape index (κ2) is 9.03. The molecule has 2 N–H and O–H groups in total. The number of benzene rings is 2. The maximum Gasteiger partial charge on any atom is 0.276 e. The molecule has 0 heterocycles. The molecule has 8 heteroatoms. The molecule has 0 saturated carbocycles. The number of halogens is 2. The lowest BCUT2D eigenvalue weighted by atomic mass is 10.2. The first-order valence-corrected chi connectivity index (χ1v) is 8.09. The lowest BCUT2D eigenvalue weighted by Crippen LogP contribution is -2.45. The van der Waals surface area contributed by atoms with Crippen molar-refractivity contribution < 1.29 is 23.5 Å². The van der Waals surface area contributed by atoms with Crippen molar-refractivity contribution >= 4 is 27.7 Å². The molecule has 0 aromatic heterocycles. The normalized spacial score (nSPS) is 10.0. The van der Waals surface area contributed by atoms with Crippen molar-refractivity contribution in [2.75, 3.05) is 13.2 Å². The maximum atomic E-state index is 13.0. The van der Waals surface area contributed by atoms with E-state index in [1.807, 2.05) is 19.1 Å². The van der Waals surface area contributed by atoms with Crippen molar-refractivity contribution in [3.05, 3.63) is 58.3 Å². The van der Waals surface area contributed by atoms with Gasteiger partial charge in [0.05, 0.1) is 4.47 Å². The Morgan fingerprint density at radius 1 is 1.00 bits per heavy atom. The molecule has 0 unspecified atom stereocenters. The van der Waals surface area contributed by atoms with Crippen LogP contribution in [0, 0.1) is 12.7 Å². The van der Waals surface area contributed by atoms with Gasteiger partial charge in [-0.2, -0.15) is 0 Å². The van der Waals surface area contributed by atoms with Gasteiger partial charge in [0.2, 0.25) is 0 Å². The number of carbonyl (C=O) groups excluding carboxylic acids is 2. The first kappa shape index (κ1) is 18.7. The van der Waals surface area contributed by atoms with Crippen LogP contribution in [0.25, 0.3) is 0 Å². The van der Waals surface area contributed by atoms with Crippen molar-refractivity contribution in [2.24, 2.45) is 0 Å². The van der Waals surface area contributed by atoms with E-state index in [0.717, 1.165) is 5.56 Å². The molecule has 0 aliphatic heterocycles. The summed E-state index contributed by atoms with van der Waals surface area (Å²) >= 11 is 3.12. The predicted octanol–water partition coefficient (Wildman–Crippen LogP) is 2.50. The van der Waals surface area contributed by atoms with Crippen molar-refractivity contribution in [3.63, 3.8) is 0 Å². The molecule has 25 heavy (non-hydrogen) atoms. The summed E-state index contributed by atoms with van der Waals surface area (Å²) in [7, 11) is 0. The predicted molar refractivity (Wildman–Crippen MR) is 92.6 cm³/mol. The van der Waals surface area contributed by atoms with E-state index in [1.165, 1.54) is 18.2 Å². The van der Waals surface area contributed by atoms with Gasteiger partial charge in [0.15, 0.2) is 13.2 Å². The highest BCUT2D eigenvalue weighted by atomic mass is 79.9. The molecule has 2 rings (SSSR count). The highest BCUT2D eigenvalue weighted by molar-refractivity contribution is 9.10. The second-order valence-corrected chi connectivity index (χ2v) is 5.87. The molecule has 0 aliphatic rings. The molecule has 0 atom stereocenters. The van der Waals surface area contributed by atoms with E-state index in [0.29, 0.717) is 16.0 Å². The molecule has 0 aliphatic carbocycles. The van der Waals surface area contributed by atoms with E-state index >= 15 is 0 Å². The number of nitrogens with one attached hydrogen (secondary N) is 2. The second-order valence-electron chi connectivity index (χ2n) is 5.01. The maximum absolute atomic E-state index is 13.0. The lowest BCUT2D eigenvalue weighted by Gasteiger charge is -2.11. The average molecular weight is 411 g/mol. The number of hydrogen-bond acceptors (Lipinski definition) is 4. The van der Waals surface area contributed by atoms with E-state index in [-0.39, 0.29) is 13.2 Å². The van der Waals surface area contributed by atoms with Crippen LogP contribution in [0.4, 0.5) is 4.39 Å². The summed E-state index contributed by atoms with van der Waals surface area (Å²) in [4.78, 5) is 23.3. The Hall–Kier alpha value is -2.61. The zero-order chi connectivity index (χ0) is 18.2. The molecule has 0 fully saturated rings. The third kappa shape index (κ3) is 6.07. The van der Waals surface area contributed by atoms with Crippen molar-refractivity contribution in [3.8, 4) is 11.5 Å². The highest BCUT2D eigenvalue weighted by Gasteiger charge is 2.09. The summed E-state index contributed by atoms with van der Waals surface area (Å²) < 4.78 is 23.9. The van der Waals surface area contributed by atoms with Crippen LogP contribution in [0.15, 0.2) is 46.9 Å². The number of ether oxygens (including phenoxy) is 2. The number of para-hydroxylation sites is 1. The first-order chi connectivity index (χ1) is 12.0. The molecule has 2 aromatic carbocycles. The van der Waals surface area contributed by atoms with Gasteiger partial charge in [0.25, 0.3) is 11.8 Å². The van der Waals surface area contributed by atoms with Gasteiger partial charge in [0.1, 0.15) is 17.3 Å². The van der Waals surface area contributed by atoms with Crippen molar-refractivity contribution in [2.45, 2.75) is 6.92 Å².